The molecule has 88 valence electrons. The topological polar surface area (TPSA) is 73.1 Å². The normalized spacial score (nSPS) is 13.2. The Hall–Kier alpha value is -2.49. The molecule has 4 heteroatoms. The van der Waals surface area contributed by atoms with E-state index in [1.165, 1.54) is 6.20 Å². The van der Waals surface area contributed by atoms with Gasteiger partial charge in [-0.05, 0) is 24.6 Å². The van der Waals surface area contributed by atoms with E-state index in [4.69, 9.17) is 5.73 Å². The number of nitrogens with zero attached hydrogens (tertiary/aromatic N) is 1. The second kappa shape index (κ2) is 3.50. The first kappa shape index (κ1) is 10.7. The van der Waals surface area contributed by atoms with Crippen molar-refractivity contribution in [3.8, 4) is 0 Å². The maximum absolute atomic E-state index is 12.4. The van der Waals surface area contributed by atoms with Gasteiger partial charge < -0.3 is 5.73 Å². The molecule has 0 bridgehead atoms. The van der Waals surface area contributed by atoms with Gasteiger partial charge in [-0.1, -0.05) is 12.1 Å². The van der Waals surface area contributed by atoms with Gasteiger partial charge in [0.05, 0.1) is 11.1 Å². The van der Waals surface area contributed by atoms with Gasteiger partial charge in [0, 0.05) is 17.4 Å². The average Bonchev–Trinajstić information content (AvgIpc) is 2.35. The van der Waals surface area contributed by atoms with Crippen LogP contribution in [-0.4, -0.2) is 16.6 Å². The number of ketones is 2. The Morgan fingerprint density at radius 2 is 1.83 bits per heavy atom. The first-order valence-corrected chi connectivity index (χ1v) is 5.54. The third-order valence-corrected chi connectivity index (χ3v) is 3.17. The molecule has 0 amide bonds. The van der Waals surface area contributed by atoms with Crippen LogP contribution in [0.5, 0.6) is 0 Å². The number of hydrogen-bond donors (Lipinski definition) is 1. The second-order valence-electron chi connectivity index (χ2n) is 4.28. The molecule has 0 spiro atoms. The van der Waals surface area contributed by atoms with Gasteiger partial charge in [-0.25, -0.2) is 0 Å². The van der Waals surface area contributed by atoms with Crippen molar-refractivity contribution < 1.29 is 9.59 Å². The molecule has 2 N–H and O–H groups in total. The minimum absolute atomic E-state index is 0.183. The summed E-state index contributed by atoms with van der Waals surface area (Å²) in [4.78, 5) is 28.7. The first-order chi connectivity index (χ1) is 8.61. The Morgan fingerprint density at radius 3 is 2.61 bits per heavy atom. The molecule has 1 heterocycles. The molecule has 1 aromatic heterocycles. The highest BCUT2D eigenvalue weighted by molar-refractivity contribution is 6.29. The van der Waals surface area contributed by atoms with Crippen molar-refractivity contribution in [3.05, 3.63) is 58.4 Å². The number of carbonyl (C=O) groups excluding carboxylic acids is 2. The molecule has 2 aromatic rings. The number of aryl methyl sites for hydroxylation is 1. The Balaban J connectivity index is 2.40. The number of anilines is 1. The van der Waals surface area contributed by atoms with Crippen LogP contribution in [0.1, 0.15) is 37.5 Å². The van der Waals surface area contributed by atoms with E-state index >= 15 is 0 Å². The van der Waals surface area contributed by atoms with E-state index in [1.54, 1.807) is 31.2 Å². The van der Waals surface area contributed by atoms with Crippen LogP contribution in [0.2, 0.25) is 0 Å². The smallest absolute Gasteiger partial charge is 0.214 e. The molecular formula is C14H10N2O2. The molecule has 0 saturated heterocycles. The summed E-state index contributed by atoms with van der Waals surface area (Å²) in [5.74, 6) is -0.459. The Bertz CT molecular complexity index is 643. The lowest BCUT2D eigenvalue weighted by Crippen LogP contribution is -2.24. The maximum Gasteiger partial charge on any atom is 0.214 e. The standard InChI is InChI=1S/C14H10N2O2/c1-7-5-6-16-12-10(7)13(17)8-3-2-4-9(15)11(8)14(12)18/h2-6H,15H2,1H3. The van der Waals surface area contributed by atoms with Crippen molar-refractivity contribution >= 4 is 17.3 Å². The van der Waals surface area contributed by atoms with Gasteiger partial charge in [-0.3, -0.25) is 14.6 Å². The van der Waals surface area contributed by atoms with Gasteiger partial charge in [-0.15, -0.1) is 0 Å². The Labute approximate surface area is 103 Å². The lowest BCUT2D eigenvalue weighted by Gasteiger charge is -2.19. The van der Waals surface area contributed by atoms with Crippen molar-refractivity contribution in [1.29, 1.82) is 0 Å². The fourth-order valence-electron chi connectivity index (χ4n) is 2.28. The van der Waals surface area contributed by atoms with Gasteiger partial charge in [0.1, 0.15) is 5.69 Å². The van der Waals surface area contributed by atoms with Crippen LogP contribution in [-0.2, 0) is 0 Å². The van der Waals surface area contributed by atoms with Crippen LogP contribution in [0.25, 0.3) is 0 Å². The molecule has 1 aliphatic carbocycles. The number of aromatic nitrogens is 1. The molecule has 18 heavy (non-hydrogen) atoms. The number of nitrogen functional groups attached to an aromatic ring is 1. The summed E-state index contributed by atoms with van der Waals surface area (Å²) in [6.45, 7) is 1.79. The molecular weight excluding hydrogens is 228 g/mol. The zero-order chi connectivity index (χ0) is 12.9. The van der Waals surface area contributed by atoms with E-state index in [0.29, 0.717) is 16.8 Å². The van der Waals surface area contributed by atoms with Gasteiger partial charge in [0.2, 0.25) is 5.78 Å². The molecule has 0 atom stereocenters. The largest absolute Gasteiger partial charge is 0.398 e. The lowest BCUT2D eigenvalue weighted by atomic mass is 9.84. The van der Waals surface area contributed by atoms with E-state index in [0.717, 1.165) is 5.56 Å². The highest BCUT2D eigenvalue weighted by Gasteiger charge is 2.33. The summed E-state index contributed by atoms with van der Waals surface area (Å²) in [5.41, 5.74) is 8.09. The first-order valence-electron chi connectivity index (χ1n) is 5.54. The molecule has 0 radical (unpaired) electrons. The summed E-state index contributed by atoms with van der Waals surface area (Å²) in [7, 11) is 0. The fourth-order valence-corrected chi connectivity index (χ4v) is 2.28. The highest BCUT2D eigenvalue weighted by atomic mass is 16.1. The predicted octanol–water partition coefficient (Wildman–Crippen LogP) is 1.75. The number of benzene rings is 1. The fraction of sp³-hybridized carbons (Fsp3) is 0.0714. The summed E-state index contributed by atoms with van der Waals surface area (Å²) in [6.07, 6.45) is 1.53. The van der Waals surface area contributed by atoms with Crippen molar-refractivity contribution in [2.24, 2.45) is 0 Å². The quantitative estimate of drug-likeness (QED) is 0.605. The molecule has 0 aliphatic heterocycles. The number of pyridine rings is 1. The highest BCUT2D eigenvalue weighted by Crippen LogP contribution is 2.30. The number of fused-ring (bicyclic) bond motifs is 2. The zero-order valence-electron chi connectivity index (χ0n) is 9.73. The molecule has 3 rings (SSSR count). The molecule has 1 aliphatic rings. The minimum Gasteiger partial charge on any atom is -0.398 e. The summed E-state index contributed by atoms with van der Waals surface area (Å²) in [6, 6.07) is 6.64. The average molecular weight is 238 g/mol. The Morgan fingerprint density at radius 1 is 1.06 bits per heavy atom. The predicted molar refractivity (Wildman–Crippen MR) is 66.7 cm³/mol. The van der Waals surface area contributed by atoms with Crippen molar-refractivity contribution in [3.63, 3.8) is 0 Å². The number of carbonyl (C=O) groups is 2. The second-order valence-corrected chi connectivity index (χ2v) is 4.28. The Kier molecular flexibility index (Phi) is 2.07. The number of rotatable bonds is 0. The van der Waals surface area contributed by atoms with Crippen molar-refractivity contribution in [2.45, 2.75) is 6.92 Å². The van der Waals surface area contributed by atoms with E-state index < -0.39 is 0 Å². The van der Waals surface area contributed by atoms with Crippen molar-refractivity contribution in [2.75, 3.05) is 5.73 Å². The summed E-state index contributed by atoms with van der Waals surface area (Å²) < 4.78 is 0. The molecule has 0 unspecified atom stereocenters. The van der Waals surface area contributed by atoms with Crippen LogP contribution in [0, 0.1) is 6.92 Å². The van der Waals surface area contributed by atoms with Gasteiger partial charge >= 0.3 is 0 Å². The third-order valence-electron chi connectivity index (χ3n) is 3.17. The monoisotopic (exact) mass is 238 g/mol. The summed E-state index contributed by atoms with van der Waals surface area (Å²) >= 11 is 0. The van der Waals surface area contributed by atoms with Gasteiger partial charge in [0.15, 0.2) is 5.78 Å². The molecule has 0 saturated carbocycles. The van der Waals surface area contributed by atoms with Gasteiger partial charge in [-0.2, -0.15) is 0 Å². The van der Waals surface area contributed by atoms with Crippen LogP contribution in [0.4, 0.5) is 5.69 Å². The summed E-state index contributed by atoms with van der Waals surface area (Å²) in [5, 5.41) is 0. The molecule has 4 nitrogen and oxygen atoms in total. The van der Waals surface area contributed by atoms with E-state index in [1.807, 2.05) is 0 Å². The van der Waals surface area contributed by atoms with Crippen LogP contribution in [0.15, 0.2) is 30.5 Å². The SMILES string of the molecule is Cc1ccnc2c1C(=O)c1cccc(N)c1C2=O. The third kappa shape index (κ3) is 1.23. The van der Waals surface area contributed by atoms with Crippen LogP contribution < -0.4 is 5.73 Å². The molecule has 1 aromatic carbocycles. The van der Waals surface area contributed by atoms with E-state index in [9.17, 15) is 9.59 Å². The maximum atomic E-state index is 12.4. The molecule has 0 fully saturated rings. The van der Waals surface area contributed by atoms with Gasteiger partial charge in [0.25, 0.3) is 0 Å². The number of nitrogens with two attached hydrogens (primary N) is 1. The van der Waals surface area contributed by atoms with Crippen molar-refractivity contribution in [1.82, 2.24) is 4.98 Å². The lowest BCUT2D eigenvalue weighted by molar-refractivity contribution is 0.0975. The van der Waals surface area contributed by atoms with Crippen LogP contribution in [0.3, 0.4) is 0 Å². The van der Waals surface area contributed by atoms with Crippen LogP contribution >= 0.6 is 0 Å². The van der Waals surface area contributed by atoms with E-state index in [2.05, 4.69) is 4.98 Å². The number of hydrogen-bond acceptors (Lipinski definition) is 4. The van der Waals surface area contributed by atoms with E-state index in [-0.39, 0.29) is 22.8 Å². The minimum atomic E-state index is -0.276. The zero-order valence-corrected chi connectivity index (χ0v) is 9.73.